The summed E-state index contributed by atoms with van der Waals surface area (Å²) in [5, 5.41) is 0.616. The number of ketones is 1. The van der Waals surface area contributed by atoms with E-state index in [0.717, 1.165) is 24.7 Å². The van der Waals surface area contributed by atoms with Crippen LogP contribution in [0.25, 0.3) is 0 Å². The van der Waals surface area contributed by atoms with Gasteiger partial charge in [-0.25, -0.2) is 0 Å². The Morgan fingerprint density at radius 1 is 1.28 bits per heavy atom. The van der Waals surface area contributed by atoms with Crippen molar-refractivity contribution >= 4 is 23.7 Å². The highest BCUT2D eigenvalue weighted by Gasteiger charge is 2.00. The Morgan fingerprint density at radius 2 is 1.94 bits per heavy atom. The Bertz CT molecular complexity index is 470. The van der Waals surface area contributed by atoms with E-state index in [4.69, 9.17) is 11.6 Å². The van der Waals surface area contributed by atoms with Gasteiger partial charge in [0.05, 0.1) is 0 Å². The summed E-state index contributed by atoms with van der Waals surface area (Å²) < 4.78 is 0. The van der Waals surface area contributed by atoms with Crippen molar-refractivity contribution in [3.63, 3.8) is 0 Å². The molecule has 0 aliphatic carbocycles. The molecule has 2 nitrogen and oxygen atoms in total. The Kier molecular flexibility index (Phi) is 6.09. The maximum atomic E-state index is 11.7. The van der Waals surface area contributed by atoms with E-state index >= 15 is 0 Å². The lowest BCUT2D eigenvalue weighted by Gasteiger charge is -1.96. The molecule has 18 heavy (non-hydrogen) atoms. The summed E-state index contributed by atoms with van der Waals surface area (Å²) in [4.78, 5) is 21.9. The van der Waals surface area contributed by atoms with Crippen molar-refractivity contribution in [1.29, 1.82) is 0 Å². The highest BCUT2D eigenvalue weighted by atomic mass is 35.5. The third-order valence-electron chi connectivity index (χ3n) is 2.46. The van der Waals surface area contributed by atoms with Crippen LogP contribution in [0.5, 0.6) is 0 Å². The molecule has 0 aliphatic rings. The predicted molar refractivity (Wildman–Crippen MR) is 74.0 cm³/mol. The van der Waals surface area contributed by atoms with Gasteiger partial charge in [-0.05, 0) is 56.2 Å². The molecule has 0 spiro atoms. The van der Waals surface area contributed by atoms with Crippen LogP contribution in [0.2, 0.25) is 5.02 Å². The molecule has 0 saturated carbocycles. The van der Waals surface area contributed by atoms with Crippen LogP contribution in [-0.4, -0.2) is 12.1 Å². The van der Waals surface area contributed by atoms with Crippen LogP contribution in [0.3, 0.4) is 0 Å². The van der Waals surface area contributed by atoms with Gasteiger partial charge in [0.15, 0.2) is 5.78 Å². The van der Waals surface area contributed by atoms with Gasteiger partial charge in [-0.1, -0.05) is 23.3 Å². The first kappa shape index (κ1) is 14.4. The van der Waals surface area contributed by atoms with Gasteiger partial charge in [-0.3, -0.25) is 9.59 Å². The average molecular weight is 263 g/mol. The Morgan fingerprint density at radius 3 is 2.56 bits per heavy atom. The van der Waals surface area contributed by atoms with Crippen LogP contribution in [0.4, 0.5) is 0 Å². The molecule has 0 heterocycles. The summed E-state index contributed by atoms with van der Waals surface area (Å²) in [5.74, 6) is -0.0383. The minimum atomic E-state index is -0.0383. The lowest BCUT2D eigenvalue weighted by molar-refractivity contribution is -0.104. The molecule has 94 valence electrons. The van der Waals surface area contributed by atoms with Crippen LogP contribution in [-0.2, 0) is 4.79 Å². The van der Waals surface area contributed by atoms with Crippen LogP contribution in [0.1, 0.15) is 30.1 Å². The minimum Gasteiger partial charge on any atom is -0.299 e. The fourth-order valence-electron chi connectivity index (χ4n) is 1.41. The number of aldehydes is 1. The number of halogens is 1. The van der Waals surface area contributed by atoms with E-state index in [-0.39, 0.29) is 5.78 Å². The van der Waals surface area contributed by atoms with Gasteiger partial charge < -0.3 is 0 Å². The maximum absolute atomic E-state index is 11.7. The Hall–Kier alpha value is -1.67. The van der Waals surface area contributed by atoms with E-state index in [1.165, 1.54) is 6.08 Å². The number of hydrogen-bond acceptors (Lipinski definition) is 2. The fourth-order valence-corrected chi connectivity index (χ4v) is 1.54. The molecule has 1 rings (SSSR count). The molecule has 0 aromatic heterocycles. The maximum Gasteiger partial charge on any atom is 0.185 e. The van der Waals surface area contributed by atoms with Gasteiger partial charge in [0.2, 0.25) is 0 Å². The third kappa shape index (κ3) is 5.11. The van der Waals surface area contributed by atoms with Crippen molar-refractivity contribution < 1.29 is 9.59 Å². The van der Waals surface area contributed by atoms with Gasteiger partial charge in [0.25, 0.3) is 0 Å². The molecule has 0 aliphatic heterocycles. The molecular weight excluding hydrogens is 248 g/mol. The van der Waals surface area contributed by atoms with E-state index in [0.29, 0.717) is 10.6 Å². The van der Waals surface area contributed by atoms with Crippen molar-refractivity contribution in [2.45, 2.75) is 19.8 Å². The van der Waals surface area contributed by atoms with Crippen LogP contribution < -0.4 is 0 Å². The number of rotatable bonds is 6. The Balaban J connectivity index is 2.47. The second-order valence-corrected chi connectivity index (χ2v) is 4.40. The zero-order valence-electron chi connectivity index (χ0n) is 10.2. The molecule has 0 atom stereocenters. The van der Waals surface area contributed by atoms with Gasteiger partial charge in [0.1, 0.15) is 6.29 Å². The lowest BCUT2D eigenvalue weighted by Crippen LogP contribution is -1.93. The van der Waals surface area contributed by atoms with Gasteiger partial charge in [-0.2, -0.15) is 0 Å². The molecule has 3 heteroatoms. The second-order valence-electron chi connectivity index (χ2n) is 3.96. The summed E-state index contributed by atoms with van der Waals surface area (Å²) in [6, 6.07) is 6.79. The normalized spacial score (nSPS) is 11.8. The zero-order valence-corrected chi connectivity index (χ0v) is 11.0. The molecule has 0 amide bonds. The van der Waals surface area contributed by atoms with Crippen LogP contribution >= 0.6 is 11.6 Å². The number of carbonyl (C=O) groups is 2. The fraction of sp³-hybridized carbons (Fsp3) is 0.200. The van der Waals surface area contributed by atoms with Gasteiger partial charge >= 0.3 is 0 Å². The van der Waals surface area contributed by atoms with E-state index in [2.05, 4.69) is 0 Å². The molecule has 0 bridgehead atoms. The summed E-state index contributed by atoms with van der Waals surface area (Å²) in [6.07, 6.45) is 7.21. The summed E-state index contributed by atoms with van der Waals surface area (Å²) in [5.41, 5.74) is 1.63. The minimum absolute atomic E-state index is 0.0383. The van der Waals surface area contributed by atoms with Gasteiger partial charge in [-0.15, -0.1) is 0 Å². The highest BCUT2D eigenvalue weighted by molar-refractivity contribution is 6.30. The molecule has 0 saturated heterocycles. The van der Waals surface area contributed by atoms with E-state index < -0.39 is 0 Å². The zero-order chi connectivity index (χ0) is 13.4. The van der Waals surface area contributed by atoms with Crippen LogP contribution in [0.15, 0.2) is 48.1 Å². The first-order chi connectivity index (χ1) is 8.63. The summed E-state index contributed by atoms with van der Waals surface area (Å²) in [7, 11) is 0. The second kappa shape index (κ2) is 7.62. The molecule has 1 aromatic rings. The number of hydrogen-bond donors (Lipinski definition) is 0. The first-order valence-electron chi connectivity index (χ1n) is 5.71. The van der Waals surface area contributed by atoms with Crippen LogP contribution in [0, 0.1) is 0 Å². The van der Waals surface area contributed by atoms with E-state index in [9.17, 15) is 9.59 Å². The topological polar surface area (TPSA) is 34.1 Å². The number of allylic oxidation sites excluding steroid dienone is 4. The number of benzene rings is 1. The summed E-state index contributed by atoms with van der Waals surface area (Å²) in [6.45, 7) is 1.89. The number of carbonyl (C=O) groups excluding carboxylic acids is 2. The van der Waals surface area contributed by atoms with E-state index in [1.54, 1.807) is 30.3 Å². The molecular formula is C15H15ClO2. The SMILES string of the molecule is C/C(=C\C=O)CC/C=C/C(=O)c1ccc(Cl)cc1. The molecule has 0 fully saturated rings. The highest BCUT2D eigenvalue weighted by Crippen LogP contribution is 2.11. The average Bonchev–Trinajstić information content (AvgIpc) is 2.35. The standard InChI is InChI=1S/C15H15ClO2/c1-12(10-11-17)4-2-3-5-15(18)13-6-8-14(16)9-7-13/h3,5-11H,2,4H2,1H3/b5-3+,12-10+. The largest absolute Gasteiger partial charge is 0.299 e. The molecule has 1 aromatic carbocycles. The lowest BCUT2D eigenvalue weighted by atomic mass is 10.1. The third-order valence-corrected chi connectivity index (χ3v) is 2.71. The monoisotopic (exact) mass is 262 g/mol. The van der Waals surface area contributed by atoms with Crippen molar-refractivity contribution in [3.05, 3.63) is 58.7 Å². The van der Waals surface area contributed by atoms with E-state index in [1.807, 2.05) is 13.0 Å². The van der Waals surface area contributed by atoms with Crippen molar-refractivity contribution in [1.82, 2.24) is 0 Å². The molecule has 0 radical (unpaired) electrons. The Labute approximate surface area is 112 Å². The first-order valence-corrected chi connectivity index (χ1v) is 6.08. The van der Waals surface area contributed by atoms with Crippen molar-refractivity contribution in [2.24, 2.45) is 0 Å². The van der Waals surface area contributed by atoms with Crippen molar-refractivity contribution in [2.75, 3.05) is 0 Å². The predicted octanol–water partition coefficient (Wildman–Crippen LogP) is 4.00. The van der Waals surface area contributed by atoms with Crippen molar-refractivity contribution in [3.8, 4) is 0 Å². The molecule has 0 unspecified atom stereocenters. The molecule has 0 N–H and O–H groups in total. The van der Waals surface area contributed by atoms with Gasteiger partial charge in [0, 0.05) is 10.6 Å². The quantitative estimate of drug-likeness (QED) is 0.441. The smallest absolute Gasteiger partial charge is 0.185 e. The summed E-state index contributed by atoms with van der Waals surface area (Å²) >= 11 is 5.74.